The van der Waals surface area contributed by atoms with Gasteiger partial charge >= 0.3 is 0 Å². The second kappa shape index (κ2) is 7.21. The Bertz CT molecular complexity index is 331. The van der Waals surface area contributed by atoms with E-state index in [4.69, 9.17) is 0 Å². The van der Waals surface area contributed by atoms with Crippen LogP contribution in [0.2, 0.25) is 0 Å². The van der Waals surface area contributed by atoms with Gasteiger partial charge in [0.1, 0.15) is 0 Å². The van der Waals surface area contributed by atoms with Gasteiger partial charge < -0.3 is 0 Å². The highest BCUT2D eigenvalue weighted by atomic mass is 32.2. The molecule has 0 spiro atoms. The van der Waals surface area contributed by atoms with E-state index in [0.717, 1.165) is 0 Å². The van der Waals surface area contributed by atoms with Gasteiger partial charge in [-0.25, -0.2) is 0 Å². The van der Waals surface area contributed by atoms with E-state index >= 15 is 0 Å². The van der Waals surface area contributed by atoms with Crippen LogP contribution in [0.15, 0.2) is 0 Å². The standard InChI is InChI=1S/C8H18O6S2/c1-3-7-15(9,10)13-5-6-14-16(11,12)8-4-2/h3-8H2,1-2H3. The van der Waals surface area contributed by atoms with Gasteiger partial charge in [-0.15, -0.1) is 0 Å². The lowest BCUT2D eigenvalue weighted by molar-refractivity contribution is 0.224. The molecule has 0 radical (unpaired) electrons. The summed E-state index contributed by atoms with van der Waals surface area (Å²) in [6.45, 7) is 2.88. The fraction of sp³-hybridized carbons (Fsp3) is 1.00. The lowest BCUT2D eigenvalue weighted by Gasteiger charge is -2.05. The Hall–Kier alpha value is -0.180. The molecule has 98 valence electrons. The minimum atomic E-state index is -3.54. The van der Waals surface area contributed by atoms with Gasteiger partial charge in [-0.05, 0) is 12.8 Å². The zero-order valence-corrected chi connectivity index (χ0v) is 11.1. The normalized spacial score (nSPS) is 12.9. The van der Waals surface area contributed by atoms with E-state index in [2.05, 4.69) is 8.37 Å². The van der Waals surface area contributed by atoms with Crippen molar-refractivity contribution < 1.29 is 25.2 Å². The molecular weight excluding hydrogens is 256 g/mol. The molecule has 16 heavy (non-hydrogen) atoms. The molecule has 0 aromatic rings. The molecule has 6 nitrogen and oxygen atoms in total. The first-order chi connectivity index (χ1) is 7.33. The topological polar surface area (TPSA) is 86.7 Å². The maximum Gasteiger partial charge on any atom is 0.267 e. The molecule has 0 bridgehead atoms. The predicted octanol–water partition coefficient (Wildman–Crippen LogP) is 0.499. The second-order valence-electron chi connectivity index (χ2n) is 3.17. The third-order valence-electron chi connectivity index (χ3n) is 1.52. The minimum Gasteiger partial charge on any atom is -0.268 e. The van der Waals surface area contributed by atoms with Crippen LogP contribution in [0.25, 0.3) is 0 Å². The summed E-state index contributed by atoms with van der Waals surface area (Å²) in [6.07, 6.45) is 0.911. The van der Waals surface area contributed by atoms with Crippen molar-refractivity contribution >= 4 is 20.2 Å². The van der Waals surface area contributed by atoms with Crippen LogP contribution < -0.4 is 0 Å². The van der Waals surface area contributed by atoms with Crippen molar-refractivity contribution in [2.24, 2.45) is 0 Å². The summed E-state index contributed by atoms with van der Waals surface area (Å²) in [5.74, 6) is -0.149. The van der Waals surface area contributed by atoms with Crippen molar-refractivity contribution in [3.63, 3.8) is 0 Å². The Morgan fingerprint density at radius 2 is 1.06 bits per heavy atom. The average molecular weight is 274 g/mol. The van der Waals surface area contributed by atoms with Crippen LogP contribution in [0.4, 0.5) is 0 Å². The summed E-state index contributed by atoms with van der Waals surface area (Å²) >= 11 is 0. The SMILES string of the molecule is CCCS(=O)(=O)OCCOS(=O)(=O)CCC. The zero-order chi connectivity index (χ0) is 12.7. The summed E-state index contributed by atoms with van der Waals surface area (Å²) in [6, 6.07) is 0. The third-order valence-corrected chi connectivity index (χ3v) is 4.39. The van der Waals surface area contributed by atoms with Gasteiger partial charge in [0, 0.05) is 0 Å². The van der Waals surface area contributed by atoms with Crippen LogP contribution in [0.5, 0.6) is 0 Å². The van der Waals surface area contributed by atoms with E-state index in [1.54, 1.807) is 13.8 Å². The molecule has 0 aliphatic carbocycles. The van der Waals surface area contributed by atoms with Crippen molar-refractivity contribution in [3.05, 3.63) is 0 Å². The fourth-order valence-electron chi connectivity index (χ4n) is 0.940. The predicted molar refractivity (Wildman–Crippen MR) is 60.1 cm³/mol. The van der Waals surface area contributed by atoms with Gasteiger partial charge in [0.05, 0.1) is 24.7 Å². The van der Waals surface area contributed by atoms with Crippen LogP contribution in [-0.2, 0) is 28.6 Å². The van der Waals surface area contributed by atoms with Crippen molar-refractivity contribution in [1.29, 1.82) is 0 Å². The van der Waals surface area contributed by atoms with Crippen LogP contribution in [0.1, 0.15) is 26.7 Å². The molecule has 0 aromatic heterocycles. The Balaban J connectivity index is 3.85. The van der Waals surface area contributed by atoms with Crippen LogP contribution in [0.3, 0.4) is 0 Å². The van der Waals surface area contributed by atoms with Crippen LogP contribution >= 0.6 is 0 Å². The molecule has 0 heterocycles. The number of rotatable bonds is 9. The van der Waals surface area contributed by atoms with Crippen LogP contribution in [-0.4, -0.2) is 41.6 Å². The summed E-state index contributed by atoms with van der Waals surface area (Å²) in [5.41, 5.74) is 0. The van der Waals surface area contributed by atoms with E-state index < -0.39 is 20.2 Å². The monoisotopic (exact) mass is 274 g/mol. The molecule has 0 unspecified atom stereocenters. The largest absolute Gasteiger partial charge is 0.268 e. The molecule has 0 aliphatic heterocycles. The Labute approximate surface area is 97.2 Å². The molecule has 0 amide bonds. The first-order valence-corrected chi connectivity index (χ1v) is 8.22. The average Bonchev–Trinajstić information content (AvgIpc) is 2.12. The lowest BCUT2D eigenvalue weighted by Crippen LogP contribution is -2.17. The first kappa shape index (κ1) is 15.8. The van der Waals surface area contributed by atoms with Gasteiger partial charge in [-0.3, -0.25) is 8.37 Å². The molecule has 0 atom stereocenters. The van der Waals surface area contributed by atoms with Gasteiger partial charge in [-0.1, -0.05) is 13.8 Å². The molecule has 8 heteroatoms. The van der Waals surface area contributed by atoms with E-state index in [1.807, 2.05) is 0 Å². The van der Waals surface area contributed by atoms with Gasteiger partial charge in [0.15, 0.2) is 0 Å². The number of hydrogen-bond donors (Lipinski definition) is 0. The summed E-state index contributed by atoms with van der Waals surface area (Å²) in [4.78, 5) is 0. The van der Waals surface area contributed by atoms with Crippen molar-refractivity contribution in [2.75, 3.05) is 24.7 Å². The first-order valence-electron chi connectivity index (χ1n) is 5.07. The Kier molecular flexibility index (Phi) is 7.12. The van der Waals surface area contributed by atoms with E-state index in [-0.39, 0.29) is 24.7 Å². The summed E-state index contributed by atoms with van der Waals surface area (Å²) in [5, 5.41) is 0. The van der Waals surface area contributed by atoms with Crippen molar-refractivity contribution in [3.8, 4) is 0 Å². The quantitative estimate of drug-likeness (QED) is 0.449. The molecular formula is C8H18O6S2. The highest BCUT2D eigenvalue weighted by Gasteiger charge is 2.12. The molecule has 0 aromatic carbocycles. The third kappa shape index (κ3) is 8.03. The molecule has 0 fully saturated rings. The van der Waals surface area contributed by atoms with Crippen LogP contribution in [0, 0.1) is 0 Å². The highest BCUT2D eigenvalue weighted by molar-refractivity contribution is 7.87. The Morgan fingerprint density at radius 1 is 0.750 bits per heavy atom. The molecule has 0 rings (SSSR count). The van der Waals surface area contributed by atoms with E-state index in [9.17, 15) is 16.8 Å². The van der Waals surface area contributed by atoms with Crippen molar-refractivity contribution in [1.82, 2.24) is 0 Å². The highest BCUT2D eigenvalue weighted by Crippen LogP contribution is 1.99. The van der Waals surface area contributed by atoms with Crippen molar-refractivity contribution in [2.45, 2.75) is 26.7 Å². The molecule has 0 N–H and O–H groups in total. The van der Waals surface area contributed by atoms with Gasteiger partial charge in [-0.2, -0.15) is 16.8 Å². The Morgan fingerprint density at radius 3 is 1.31 bits per heavy atom. The zero-order valence-electron chi connectivity index (χ0n) is 9.51. The smallest absolute Gasteiger partial charge is 0.267 e. The van der Waals surface area contributed by atoms with Gasteiger partial charge in [0.25, 0.3) is 20.2 Å². The maximum atomic E-state index is 11.1. The fourth-order valence-corrected chi connectivity index (χ4v) is 2.82. The summed E-state index contributed by atoms with van der Waals surface area (Å²) in [7, 11) is -7.07. The summed E-state index contributed by atoms with van der Waals surface area (Å²) < 4.78 is 53.3. The van der Waals surface area contributed by atoms with Gasteiger partial charge in [0.2, 0.25) is 0 Å². The van der Waals surface area contributed by atoms with E-state index in [1.165, 1.54) is 0 Å². The molecule has 0 aliphatic rings. The molecule has 0 saturated carbocycles. The number of hydrogen-bond acceptors (Lipinski definition) is 6. The lowest BCUT2D eigenvalue weighted by atomic mass is 10.6. The molecule has 0 saturated heterocycles. The van der Waals surface area contributed by atoms with E-state index in [0.29, 0.717) is 12.8 Å². The second-order valence-corrected chi connectivity index (χ2v) is 6.69. The maximum absolute atomic E-state index is 11.1. The minimum absolute atomic E-state index is 0.0747.